The molecule has 0 aromatic carbocycles. The number of methoxy groups -OCH3 is 1. The average Bonchev–Trinajstić information content (AvgIpc) is 2.59. The molecular formula is C20H38O3S3. The van der Waals surface area contributed by atoms with E-state index in [1.165, 1.54) is 76.0 Å². The summed E-state index contributed by atoms with van der Waals surface area (Å²) in [7, 11) is 1.59. The van der Waals surface area contributed by atoms with Crippen LogP contribution in [0.4, 0.5) is 0 Å². The van der Waals surface area contributed by atoms with Gasteiger partial charge >= 0.3 is 5.97 Å². The average molecular weight is 423 g/mol. The molecular weight excluding hydrogens is 384 g/mol. The predicted molar refractivity (Wildman–Crippen MR) is 121 cm³/mol. The van der Waals surface area contributed by atoms with Gasteiger partial charge in [-0.1, -0.05) is 88.7 Å². The lowest BCUT2D eigenvalue weighted by Gasteiger charge is -2.21. The maximum absolute atomic E-state index is 12.1. The van der Waals surface area contributed by atoms with Crippen molar-refractivity contribution in [3.05, 3.63) is 0 Å². The van der Waals surface area contributed by atoms with Crippen molar-refractivity contribution in [3.63, 3.8) is 0 Å². The van der Waals surface area contributed by atoms with Gasteiger partial charge in [-0.3, -0.25) is 4.79 Å². The fraction of sp³-hybridized carbons (Fsp3) is 0.900. The van der Waals surface area contributed by atoms with E-state index in [0.717, 1.165) is 9.28 Å². The van der Waals surface area contributed by atoms with Crippen LogP contribution in [0.25, 0.3) is 0 Å². The Balaban J connectivity index is 3.62. The Bertz CT molecular complexity index is 373. The fourth-order valence-corrected chi connectivity index (χ4v) is 5.48. The van der Waals surface area contributed by atoms with Gasteiger partial charge in [0.2, 0.25) is 0 Å². The van der Waals surface area contributed by atoms with Crippen LogP contribution >= 0.6 is 35.7 Å². The van der Waals surface area contributed by atoms with E-state index in [4.69, 9.17) is 21.7 Å². The van der Waals surface area contributed by atoms with Crippen molar-refractivity contribution in [2.24, 2.45) is 0 Å². The van der Waals surface area contributed by atoms with E-state index >= 15 is 0 Å². The van der Waals surface area contributed by atoms with Crippen LogP contribution < -0.4 is 0 Å². The molecule has 0 rings (SSSR count). The van der Waals surface area contributed by atoms with Crippen molar-refractivity contribution in [1.29, 1.82) is 0 Å². The normalized spacial score (nSPS) is 11.5. The standard InChI is InChI=1S/C20H38O3S3/c1-5-6-7-8-9-10-11-12-13-14-17-25-19(24)26-20(2,3)18(21)23-16-15-22-4/h5-17H2,1-4H3. The van der Waals surface area contributed by atoms with Crippen LogP contribution in [0.1, 0.15) is 85.0 Å². The predicted octanol–water partition coefficient (Wildman–Crippen LogP) is 6.63. The second kappa shape index (κ2) is 17.3. The molecule has 0 amide bonds. The van der Waals surface area contributed by atoms with Gasteiger partial charge < -0.3 is 9.47 Å². The Morgan fingerprint density at radius 2 is 1.46 bits per heavy atom. The highest BCUT2D eigenvalue weighted by molar-refractivity contribution is 8.47. The summed E-state index contributed by atoms with van der Waals surface area (Å²) in [4.78, 5) is 12.1. The topological polar surface area (TPSA) is 35.5 Å². The summed E-state index contributed by atoms with van der Waals surface area (Å²) in [6.07, 6.45) is 13.4. The first-order chi connectivity index (χ1) is 12.4. The van der Waals surface area contributed by atoms with Gasteiger partial charge in [0.05, 0.1) is 6.61 Å². The summed E-state index contributed by atoms with van der Waals surface area (Å²) in [6, 6.07) is 0. The summed E-state index contributed by atoms with van der Waals surface area (Å²) in [5, 5.41) is 0. The zero-order chi connectivity index (χ0) is 19.7. The molecule has 0 spiro atoms. The Morgan fingerprint density at radius 1 is 0.923 bits per heavy atom. The number of unbranched alkanes of at least 4 members (excludes halogenated alkanes) is 9. The number of hydrogen-bond acceptors (Lipinski definition) is 6. The minimum atomic E-state index is -0.643. The number of thioether (sulfide) groups is 2. The molecule has 0 unspecified atom stereocenters. The largest absolute Gasteiger partial charge is 0.462 e. The Hall–Kier alpha value is 0.220. The third kappa shape index (κ3) is 15.3. The molecule has 3 nitrogen and oxygen atoms in total. The molecule has 0 bridgehead atoms. The van der Waals surface area contributed by atoms with Crippen molar-refractivity contribution in [3.8, 4) is 0 Å². The first-order valence-corrected chi connectivity index (χ1v) is 12.2. The maximum Gasteiger partial charge on any atom is 0.322 e. The van der Waals surface area contributed by atoms with Crippen LogP contribution in [-0.4, -0.2) is 40.3 Å². The van der Waals surface area contributed by atoms with E-state index in [1.54, 1.807) is 18.9 Å². The van der Waals surface area contributed by atoms with Crippen molar-refractivity contribution in [2.45, 2.75) is 89.7 Å². The minimum Gasteiger partial charge on any atom is -0.462 e. The molecule has 0 atom stereocenters. The van der Waals surface area contributed by atoms with Gasteiger partial charge in [0.25, 0.3) is 0 Å². The lowest BCUT2D eigenvalue weighted by molar-refractivity contribution is -0.146. The summed E-state index contributed by atoms with van der Waals surface area (Å²) in [5.74, 6) is 0.804. The number of esters is 1. The van der Waals surface area contributed by atoms with Crippen LogP contribution in [-0.2, 0) is 14.3 Å². The summed E-state index contributed by atoms with van der Waals surface area (Å²) in [5.41, 5.74) is 0. The SMILES string of the molecule is CCCCCCCCCCCCSC(=S)SC(C)(C)C(=O)OCCOC. The lowest BCUT2D eigenvalue weighted by atomic mass is 10.1. The molecule has 0 aliphatic heterocycles. The molecule has 0 heterocycles. The zero-order valence-corrected chi connectivity index (χ0v) is 19.6. The number of thiocarbonyl (C=S) groups is 1. The van der Waals surface area contributed by atoms with Gasteiger partial charge in [-0.2, -0.15) is 0 Å². The first kappa shape index (κ1) is 26.2. The van der Waals surface area contributed by atoms with Gasteiger partial charge in [-0.15, -0.1) is 11.8 Å². The third-order valence-corrected chi connectivity index (χ3v) is 6.85. The molecule has 0 saturated heterocycles. The van der Waals surface area contributed by atoms with Crippen LogP contribution in [0.3, 0.4) is 0 Å². The van der Waals surface area contributed by atoms with Crippen molar-refractivity contribution in [1.82, 2.24) is 0 Å². The van der Waals surface area contributed by atoms with E-state index in [2.05, 4.69) is 6.92 Å². The van der Waals surface area contributed by atoms with Gasteiger partial charge in [-0.25, -0.2) is 0 Å². The molecule has 0 aromatic heterocycles. The van der Waals surface area contributed by atoms with E-state index in [0.29, 0.717) is 6.61 Å². The van der Waals surface area contributed by atoms with E-state index in [1.807, 2.05) is 13.8 Å². The van der Waals surface area contributed by atoms with Gasteiger partial charge in [0.15, 0.2) is 0 Å². The van der Waals surface area contributed by atoms with Gasteiger partial charge in [0, 0.05) is 7.11 Å². The Kier molecular flexibility index (Phi) is 17.5. The summed E-state index contributed by atoms with van der Waals surface area (Å²) < 4.78 is 10.3. The minimum absolute atomic E-state index is 0.235. The lowest BCUT2D eigenvalue weighted by Crippen LogP contribution is -2.31. The number of hydrogen-bond donors (Lipinski definition) is 0. The van der Waals surface area contributed by atoms with Crippen LogP contribution in [0, 0.1) is 0 Å². The maximum atomic E-state index is 12.1. The molecule has 0 aliphatic carbocycles. The number of rotatable bonds is 16. The smallest absolute Gasteiger partial charge is 0.322 e. The summed E-state index contributed by atoms with van der Waals surface area (Å²) >= 11 is 8.54. The molecule has 26 heavy (non-hydrogen) atoms. The van der Waals surface area contributed by atoms with Crippen LogP contribution in [0.5, 0.6) is 0 Å². The van der Waals surface area contributed by atoms with E-state index in [-0.39, 0.29) is 12.6 Å². The molecule has 6 heteroatoms. The summed E-state index contributed by atoms with van der Waals surface area (Å²) in [6.45, 7) is 6.69. The highest BCUT2D eigenvalue weighted by atomic mass is 32.2. The first-order valence-electron chi connectivity index (χ1n) is 9.96. The number of ether oxygens (including phenoxy) is 2. The van der Waals surface area contributed by atoms with Crippen molar-refractivity contribution < 1.29 is 14.3 Å². The second-order valence-electron chi connectivity index (χ2n) is 7.02. The quantitative estimate of drug-likeness (QED) is 0.158. The number of carbonyl (C=O) groups excluding carboxylic acids is 1. The van der Waals surface area contributed by atoms with Gasteiger partial charge in [-0.05, 0) is 26.0 Å². The van der Waals surface area contributed by atoms with E-state index < -0.39 is 4.75 Å². The molecule has 0 saturated carbocycles. The molecule has 0 aromatic rings. The molecule has 0 fully saturated rings. The zero-order valence-electron chi connectivity index (χ0n) is 17.1. The highest BCUT2D eigenvalue weighted by Gasteiger charge is 2.31. The fourth-order valence-electron chi connectivity index (χ4n) is 2.42. The van der Waals surface area contributed by atoms with Gasteiger partial charge in [0.1, 0.15) is 14.9 Å². The highest BCUT2D eigenvalue weighted by Crippen LogP contribution is 2.32. The molecule has 0 radical (unpaired) electrons. The second-order valence-corrected chi connectivity index (χ2v) is 10.9. The van der Waals surface area contributed by atoms with Crippen LogP contribution in [0.2, 0.25) is 0 Å². The van der Waals surface area contributed by atoms with Crippen LogP contribution in [0.15, 0.2) is 0 Å². The third-order valence-electron chi connectivity index (χ3n) is 4.07. The monoisotopic (exact) mass is 422 g/mol. The molecule has 0 N–H and O–H groups in total. The van der Waals surface area contributed by atoms with Crippen molar-refractivity contribution >= 4 is 45.2 Å². The molecule has 0 aliphatic rings. The Morgan fingerprint density at radius 3 is 2.00 bits per heavy atom. The van der Waals surface area contributed by atoms with E-state index in [9.17, 15) is 4.79 Å². The Labute approximate surface area is 175 Å². The van der Waals surface area contributed by atoms with Crippen molar-refractivity contribution in [2.75, 3.05) is 26.1 Å². The molecule has 154 valence electrons. The number of carbonyl (C=O) groups is 1.